The average molecular weight is 255 g/mol. The van der Waals surface area contributed by atoms with Crippen LogP contribution in [-0.4, -0.2) is 50.6 Å². The van der Waals surface area contributed by atoms with Crippen molar-refractivity contribution in [2.24, 2.45) is 5.41 Å². The van der Waals surface area contributed by atoms with E-state index in [1.807, 2.05) is 0 Å². The summed E-state index contributed by atoms with van der Waals surface area (Å²) in [6, 6.07) is 0.561. The van der Waals surface area contributed by atoms with E-state index in [1.54, 1.807) is 0 Å². The van der Waals surface area contributed by atoms with E-state index in [9.17, 15) is 4.79 Å². The summed E-state index contributed by atoms with van der Waals surface area (Å²) in [6.07, 6.45) is 4.09. The van der Waals surface area contributed by atoms with Gasteiger partial charge in [-0.25, -0.2) is 0 Å². The predicted octanol–water partition coefficient (Wildman–Crippen LogP) is 1.22. The first-order valence-corrected chi connectivity index (χ1v) is 7.04. The molecule has 0 aliphatic carbocycles. The van der Waals surface area contributed by atoms with E-state index >= 15 is 0 Å². The summed E-state index contributed by atoms with van der Waals surface area (Å²) in [4.78, 5) is 13.9. The molecule has 1 aliphatic rings. The Morgan fingerprint density at radius 1 is 1.44 bits per heavy atom. The van der Waals surface area contributed by atoms with Gasteiger partial charge in [0.15, 0.2) is 0 Å². The third-order valence-corrected chi connectivity index (χ3v) is 3.39. The Morgan fingerprint density at radius 2 is 2.17 bits per heavy atom. The molecule has 1 atom stereocenters. The Kier molecular flexibility index (Phi) is 6.09. The van der Waals surface area contributed by atoms with E-state index < -0.39 is 0 Å². The van der Waals surface area contributed by atoms with Crippen molar-refractivity contribution in [3.8, 4) is 0 Å². The van der Waals surface area contributed by atoms with Crippen LogP contribution in [0.4, 0.5) is 0 Å². The lowest BCUT2D eigenvalue weighted by Gasteiger charge is -2.28. The van der Waals surface area contributed by atoms with Crippen LogP contribution in [0.3, 0.4) is 0 Å². The Morgan fingerprint density at radius 3 is 2.72 bits per heavy atom. The van der Waals surface area contributed by atoms with Crippen molar-refractivity contribution in [2.45, 2.75) is 45.6 Å². The second kappa shape index (κ2) is 7.10. The number of carbonyl (C=O) groups is 1. The molecule has 1 fully saturated rings. The van der Waals surface area contributed by atoms with E-state index in [0.29, 0.717) is 12.5 Å². The fourth-order valence-electron chi connectivity index (χ4n) is 2.65. The van der Waals surface area contributed by atoms with Crippen LogP contribution >= 0.6 is 0 Å². The number of amides is 1. The number of rotatable bonds is 7. The zero-order valence-corrected chi connectivity index (χ0v) is 12.4. The fourth-order valence-corrected chi connectivity index (χ4v) is 2.65. The van der Waals surface area contributed by atoms with Gasteiger partial charge >= 0.3 is 0 Å². The van der Waals surface area contributed by atoms with Gasteiger partial charge in [0.25, 0.3) is 0 Å². The zero-order valence-electron chi connectivity index (χ0n) is 12.4. The minimum atomic E-state index is 0.130. The van der Waals surface area contributed by atoms with Gasteiger partial charge in [-0.2, -0.15) is 0 Å². The van der Waals surface area contributed by atoms with Gasteiger partial charge in [-0.1, -0.05) is 13.8 Å². The first-order valence-electron chi connectivity index (χ1n) is 7.04. The Bertz CT molecular complexity index is 258. The van der Waals surface area contributed by atoms with Crippen molar-refractivity contribution in [3.63, 3.8) is 0 Å². The molecule has 0 aromatic rings. The van der Waals surface area contributed by atoms with Crippen LogP contribution in [0.25, 0.3) is 0 Å². The highest BCUT2D eigenvalue weighted by atomic mass is 16.1. The molecule has 18 heavy (non-hydrogen) atoms. The van der Waals surface area contributed by atoms with Gasteiger partial charge in [0, 0.05) is 25.6 Å². The third kappa shape index (κ3) is 6.36. The molecule has 0 spiro atoms. The third-order valence-electron chi connectivity index (χ3n) is 3.39. The van der Waals surface area contributed by atoms with Gasteiger partial charge in [-0.15, -0.1) is 0 Å². The van der Waals surface area contributed by atoms with Crippen molar-refractivity contribution >= 4 is 5.91 Å². The molecule has 0 bridgehead atoms. The summed E-state index contributed by atoms with van der Waals surface area (Å²) in [5.74, 6) is 0.190. The fraction of sp³-hybridized carbons (Fsp3) is 0.929. The Balaban J connectivity index is 2.15. The van der Waals surface area contributed by atoms with Crippen LogP contribution in [-0.2, 0) is 4.79 Å². The molecule has 1 saturated heterocycles. The maximum absolute atomic E-state index is 11.8. The van der Waals surface area contributed by atoms with Gasteiger partial charge < -0.3 is 15.5 Å². The monoisotopic (exact) mass is 255 g/mol. The standard InChI is InChI=1S/C14H29N3O/c1-14(2,11-17(3)4)10-16-13(18)8-7-12-6-5-9-15-12/h12,15H,5-11H2,1-4H3,(H,16,18). The SMILES string of the molecule is CN(C)CC(C)(C)CNC(=O)CCC1CCCN1. The second-order valence-electron chi connectivity index (χ2n) is 6.51. The lowest BCUT2D eigenvalue weighted by molar-refractivity contribution is -0.121. The summed E-state index contributed by atoms with van der Waals surface area (Å²) >= 11 is 0. The van der Waals surface area contributed by atoms with E-state index in [-0.39, 0.29) is 11.3 Å². The summed E-state index contributed by atoms with van der Waals surface area (Å²) < 4.78 is 0. The normalized spacial score (nSPS) is 20.4. The highest BCUT2D eigenvalue weighted by molar-refractivity contribution is 5.75. The number of hydrogen-bond donors (Lipinski definition) is 2. The number of nitrogens with zero attached hydrogens (tertiary/aromatic N) is 1. The van der Waals surface area contributed by atoms with Crippen LogP contribution in [0.1, 0.15) is 39.5 Å². The Hall–Kier alpha value is -0.610. The van der Waals surface area contributed by atoms with Crippen molar-refractivity contribution in [1.29, 1.82) is 0 Å². The van der Waals surface area contributed by atoms with Gasteiger partial charge in [-0.3, -0.25) is 4.79 Å². The number of hydrogen-bond acceptors (Lipinski definition) is 3. The molecule has 2 N–H and O–H groups in total. The molecule has 4 nitrogen and oxygen atoms in total. The predicted molar refractivity (Wildman–Crippen MR) is 75.6 cm³/mol. The lowest BCUT2D eigenvalue weighted by atomic mass is 9.93. The molecule has 1 amide bonds. The smallest absolute Gasteiger partial charge is 0.220 e. The zero-order chi connectivity index (χ0) is 13.6. The Labute approximate surface area is 111 Å². The molecule has 0 aromatic carbocycles. The first kappa shape index (κ1) is 15.4. The maximum Gasteiger partial charge on any atom is 0.220 e. The van der Waals surface area contributed by atoms with Crippen LogP contribution in [0.15, 0.2) is 0 Å². The van der Waals surface area contributed by atoms with Crippen molar-refractivity contribution in [1.82, 2.24) is 15.5 Å². The molecule has 4 heteroatoms. The molecular weight excluding hydrogens is 226 g/mol. The highest BCUT2D eigenvalue weighted by Crippen LogP contribution is 2.15. The second-order valence-corrected chi connectivity index (χ2v) is 6.51. The maximum atomic E-state index is 11.8. The lowest BCUT2D eigenvalue weighted by Crippen LogP contribution is -2.40. The van der Waals surface area contributed by atoms with Crippen LogP contribution < -0.4 is 10.6 Å². The molecule has 0 aromatic heterocycles. The highest BCUT2D eigenvalue weighted by Gasteiger charge is 2.20. The molecule has 1 heterocycles. The van der Waals surface area contributed by atoms with Crippen molar-refractivity contribution in [3.05, 3.63) is 0 Å². The number of nitrogens with one attached hydrogen (secondary N) is 2. The van der Waals surface area contributed by atoms with E-state index in [2.05, 4.69) is 43.5 Å². The summed E-state index contributed by atoms with van der Waals surface area (Å²) in [6.45, 7) is 7.22. The topological polar surface area (TPSA) is 44.4 Å². The van der Waals surface area contributed by atoms with Crippen LogP contribution in [0.2, 0.25) is 0 Å². The first-order chi connectivity index (χ1) is 8.39. The summed E-state index contributed by atoms with van der Waals surface area (Å²) in [7, 11) is 4.13. The minimum Gasteiger partial charge on any atom is -0.356 e. The molecular formula is C14H29N3O. The molecule has 0 radical (unpaired) electrons. The van der Waals surface area contributed by atoms with Gasteiger partial charge in [0.05, 0.1) is 0 Å². The largest absolute Gasteiger partial charge is 0.356 e. The van der Waals surface area contributed by atoms with E-state index in [1.165, 1.54) is 12.8 Å². The minimum absolute atomic E-state index is 0.130. The van der Waals surface area contributed by atoms with Gasteiger partial charge in [0.2, 0.25) is 5.91 Å². The molecule has 106 valence electrons. The van der Waals surface area contributed by atoms with E-state index in [4.69, 9.17) is 0 Å². The molecule has 1 aliphatic heterocycles. The van der Waals surface area contributed by atoms with Crippen molar-refractivity contribution < 1.29 is 4.79 Å². The van der Waals surface area contributed by atoms with Gasteiger partial charge in [-0.05, 0) is 45.3 Å². The summed E-state index contributed by atoms with van der Waals surface area (Å²) in [5, 5.41) is 6.48. The van der Waals surface area contributed by atoms with Crippen LogP contribution in [0, 0.1) is 5.41 Å². The summed E-state index contributed by atoms with van der Waals surface area (Å²) in [5.41, 5.74) is 0.130. The molecule has 1 unspecified atom stereocenters. The van der Waals surface area contributed by atoms with Crippen LogP contribution in [0.5, 0.6) is 0 Å². The number of carbonyl (C=O) groups excluding carboxylic acids is 1. The van der Waals surface area contributed by atoms with E-state index in [0.717, 1.165) is 26.1 Å². The van der Waals surface area contributed by atoms with Crippen molar-refractivity contribution in [2.75, 3.05) is 33.7 Å². The van der Waals surface area contributed by atoms with Gasteiger partial charge in [0.1, 0.15) is 0 Å². The quantitative estimate of drug-likeness (QED) is 0.719. The molecule has 1 rings (SSSR count). The average Bonchev–Trinajstić information content (AvgIpc) is 2.74. The molecule has 0 saturated carbocycles.